The van der Waals surface area contributed by atoms with Gasteiger partial charge in [0.05, 0.1) is 26.6 Å². The summed E-state index contributed by atoms with van der Waals surface area (Å²) in [6.07, 6.45) is 9.57. The summed E-state index contributed by atoms with van der Waals surface area (Å²) in [5.41, 5.74) is 2.56. The predicted molar refractivity (Wildman–Crippen MR) is 141 cm³/mol. The Morgan fingerprint density at radius 3 is 2.32 bits per heavy atom. The summed E-state index contributed by atoms with van der Waals surface area (Å²) < 4.78 is 12.3. The molecule has 34 heavy (non-hydrogen) atoms. The number of aryl methyl sites for hydroxylation is 1. The lowest BCUT2D eigenvalue weighted by molar-refractivity contribution is -0.904. The van der Waals surface area contributed by atoms with E-state index >= 15 is 0 Å². The predicted octanol–water partition coefficient (Wildman–Crippen LogP) is 6.81. The smallest absolute Gasteiger partial charge is 0.308 e. The second-order valence-corrected chi connectivity index (χ2v) is 10.1. The third kappa shape index (κ3) is 11.2. The zero-order valence-corrected chi connectivity index (χ0v) is 21.9. The minimum atomic E-state index is -0.135. The number of hydrogen-bond donors (Lipinski definition) is 0. The first-order valence-electron chi connectivity index (χ1n) is 13.1. The number of ether oxygens (including phenoxy) is 2. The van der Waals surface area contributed by atoms with Gasteiger partial charge < -0.3 is 14.0 Å². The Labute approximate surface area is 207 Å². The molecule has 0 heterocycles. The molecule has 188 valence electrons. The summed E-state index contributed by atoms with van der Waals surface area (Å²) in [6, 6.07) is 18.7. The van der Waals surface area contributed by atoms with Gasteiger partial charge in [-0.15, -0.1) is 0 Å². The quantitative estimate of drug-likeness (QED) is 0.145. The number of hydrogen-bond acceptors (Lipinski definition) is 3. The number of rotatable bonds is 17. The highest BCUT2D eigenvalue weighted by atomic mass is 16.6. The molecule has 0 spiro atoms. The zero-order valence-electron chi connectivity index (χ0n) is 21.9. The van der Waals surface area contributed by atoms with Gasteiger partial charge in [0, 0.05) is 12.0 Å². The Morgan fingerprint density at radius 1 is 0.882 bits per heavy atom. The van der Waals surface area contributed by atoms with E-state index in [0.717, 1.165) is 36.2 Å². The maximum atomic E-state index is 12.5. The summed E-state index contributed by atoms with van der Waals surface area (Å²) >= 11 is 0. The van der Waals surface area contributed by atoms with Gasteiger partial charge in [0.15, 0.2) is 0 Å². The highest BCUT2D eigenvalue weighted by molar-refractivity contribution is 5.71. The Kier molecular flexibility index (Phi) is 12.8. The van der Waals surface area contributed by atoms with Crippen LogP contribution in [0.25, 0.3) is 0 Å². The molecule has 0 aliphatic rings. The molecule has 0 aromatic heterocycles. The second-order valence-electron chi connectivity index (χ2n) is 10.1. The number of benzene rings is 2. The summed E-state index contributed by atoms with van der Waals surface area (Å²) in [7, 11) is 4.42. The van der Waals surface area contributed by atoms with E-state index in [-0.39, 0.29) is 18.5 Å². The number of para-hydroxylation sites is 1. The van der Waals surface area contributed by atoms with Crippen molar-refractivity contribution in [2.45, 2.75) is 71.8 Å². The molecule has 4 heteroatoms. The maximum absolute atomic E-state index is 12.5. The molecule has 1 atom stereocenters. The van der Waals surface area contributed by atoms with Crippen LogP contribution in [0.5, 0.6) is 5.75 Å². The summed E-state index contributed by atoms with van der Waals surface area (Å²) in [6.45, 7) is 6.76. The van der Waals surface area contributed by atoms with Gasteiger partial charge in [0.2, 0.25) is 0 Å². The van der Waals surface area contributed by atoms with Crippen LogP contribution in [0.2, 0.25) is 0 Å². The highest BCUT2D eigenvalue weighted by Crippen LogP contribution is 2.21. The SMILES string of the molecule is CCCCCCCCc1ccccc1OCCOC(=O)C(C)CC[N+](C)(C)Cc1ccccc1. The van der Waals surface area contributed by atoms with Crippen molar-refractivity contribution in [1.29, 1.82) is 0 Å². The molecule has 0 radical (unpaired) electrons. The Morgan fingerprint density at radius 2 is 1.56 bits per heavy atom. The average molecular weight is 469 g/mol. The molecule has 2 aromatic rings. The standard InChI is InChI=1S/C30H46NO3/c1-5-6-7-8-9-13-18-28-19-14-15-20-29(28)33-23-24-34-30(32)26(2)21-22-31(3,4)25-27-16-11-10-12-17-27/h10-12,14-17,19-20,26H,5-9,13,18,21-25H2,1-4H3/q+1. The molecule has 0 amide bonds. The Balaban J connectivity index is 1.66. The van der Waals surface area contributed by atoms with E-state index < -0.39 is 0 Å². The van der Waals surface area contributed by atoms with Crippen LogP contribution in [0.15, 0.2) is 54.6 Å². The lowest BCUT2D eigenvalue weighted by atomic mass is 10.0. The normalized spacial score (nSPS) is 12.4. The van der Waals surface area contributed by atoms with E-state index in [1.165, 1.54) is 49.7 Å². The van der Waals surface area contributed by atoms with Crippen molar-refractivity contribution in [1.82, 2.24) is 0 Å². The van der Waals surface area contributed by atoms with Crippen LogP contribution in [0.4, 0.5) is 0 Å². The van der Waals surface area contributed by atoms with Crippen LogP contribution < -0.4 is 4.74 Å². The third-order valence-electron chi connectivity index (χ3n) is 6.38. The van der Waals surface area contributed by atoms with Gasteiger partial charge in [-0.1, -0.05) is 94.5 Å². The molecule has 0 N–H and O–H groups in total. The van der Waals surface area contributed by atoms with Gasteiger partial charge >= 0.3 is 5.97 Å². The van der Waals surface area contributed by atoms with Crippen LogP contribution in [-0.4, -0.2) is 44.3 Å². The third-order valence-corrected chi connectivity index (χ3v) is 6.38. The molecule has 0 saturated carbocycles. The van der Waals surface area contributed by atoms with E-state index in [1.807, 2.05) is 25.1 Å². The molecular formula is C30H46NO3+. The van der Waals surface area contributed by atoms with E-state index in [1.54, 1.807) is 0 Å². The molecule has 2 rings (SSSR count). The van der Waals surface area contributed by atoms with Crippen LogP contribution in [0.1, 0.15) is 69.9 Å². The lowest BCUT2D eigenvalue weighted by Crippen LogP contribution is -2.40. The molecule has 0 bridgehead atoms. The van der Waals surface area contributed by atoms with Crippen LogP contribution in [-0.2, 0) is 22.5 Å². The zero-order chi connectivity index (χ0) is 24.7. The Hall–Kier alpha value is -2.33. The summed E-state index contributed by atoms with van der Waals surface area (Å²) in [5, 5.41) is 0. The van der Waals surface area contributed by atoms with Gasteiger partial charge in [0.1, 0.15) is 25.5 Å². The first-order chi connectivity index (χ1) is 16.4. The van der Waals surface area contributed by atoms with E-state index in [0.29, 0.717) is 6.61 Å². The van der Waals surface area contributed by atoms with Crippen molar-refractivity contribution < 1.29 is 18.8 Å². The van der Waals surface area contributed by atoms with Crippen molar-refractivity contribution in [3.63, 3.8) is 0 Å². The molecular weight excluding hydrogens is 422 g/mol. The maximum Gasteiger partial charge on any atom is 0.308 e. The molecule has 1 unspecified atom stereocenters. The fraction of sp³-hybridized carbons (Fsp3) is 0.567. The Bertz CT molecular complexity index is 819. The number of nitrogens with zero attached hydrogens (tertiary/aromatic N) is 1. The van der Waals surface area contributed by atoms with Crippen molar-refractivity contribution in [3.05, 3.63) is 65.7 Å². The number of carbonyl (C=O) groups is 1. The second kappa shape index (κ2) is 15.5. The van der Waals surface area contributed by atoms with Crippen LogP contribution in [0, 0.1) is 5.92 Å². The number of unbranched alkanes of at least 4 members (excludes halogenated alkanes) is 5. The van der Waals surface area contributed by atoms with Gasteiger partial charge in [-0.3, -0.25) is 4.79 Å². The van der Waals surface area contributed by atoms with Gasteiger partial charge in [-0.05, 0) is 24.5 Å². The van der Waals surface area contributed by atoms with Crippen molar-refractivity contribution in [2.24, 2.45) is 5.92 Å². The van der Waals surface area contributed by atoms with E-state index in [9.17, 15) is 4.79 Å². The molecule has 0 fully saturated rings. The van der Waals surface area contributed by atoms with Crippen molar-refractivity contribution in [2.75, 3.05) is 33.9 Å². The molecule has 0 saturated heterocycles. The topological polar surface area (TPSA) is 35.5 Å². The van der Waals surface area contributed by atoms with E-state index in [2.05, 4.69) is 57.4 Å². The minimum Gasteiger partial charge on any atom is -0.490 e. The molecule has 2 aromatic carbocycles. The monoisotopic (exact) mass is 468 g/mol. The number of esters is 1. The van der Waals surface area contributed by atoms with Gasteiger partial charge in [0.25, 0.3) is 0 Å². The molecule has 0 aliphatic heterocycles. The van der Waals surface area contributed by atoms with Gasteiger partial charge in [-0.25, -0.2) is 0 Å². The minimum absolute atomic E-state index is 0.117. The van der Waals surface area contributed by atoms with Gasteiger partial charge in [-0.2, -0.15) is 0 Å². The summed E-state index contributed by atoms with van der Waals surface area (Å²) in [5.74, 6) is 0.664. The fourth-order valence-electron chi connectivity index (χ4n) is 4.20. The largest absolute Gasteiger partial charge is 0.490 e. The number of carbonyl (C=O) groups excluding carboxylic acids is 1. The highest BCUT2D eigenvalue weighted by Gasteiger charge is 2.21. The van der Waals surface area contributed by atoms with Crippen LogP contribution >= 0.6 is 0 Å². The van der Waals surface area contributed by atoms with Crippen molar-refractivity contribution in [3.8, 4) is 5.75 Å². The lowest BCUT2D eigenvalue weighted by Gasteiger charge is -2.30. The first kappa shape index (κ1) is 27.9. The van der Waals surface area contributed by atoms with Crippen molar-refractivity contribution >= 4 is 5.97 Å². The van der Waals surface area contributed by atoms with E-state index in [4.69, 9.17) is 9.47 Å². The first-order valence-corrected chi connectivity index (χ1v) is 13.1. The fourth-order valence-corrected chi connectivity index (χ4v) is 4.20. The molecule has 4 nitrogen and oxygen atoms in total. The summed E-state index contributed by atoms with van der Waals surface area (Å²) in [4.78, 5) is 12.5. The number of quaternary nitrogens is 1. The molecule has 0 aliphatic carbocycles. The van der Waals surface area contributed by atoms with Crippen LogP contribution in [0.3, 0.4) is 0 Å². The average Bonchev–Trinajstić information content (AvgIpc) is 2.83.